The lowest BCUT2D eigenvalue weighted by molar-refractivity contribution is -0.141. The van der Waals surface area contributed by atoms with E-state index in [0.29, 0.717) is 11.1 Å². The van der Waals surface area contributed by atoms with Gasteiger partial charge < -0.3 is 9.15 Å². The van der Waals surface area contributed by atoms with E-state index in [-0.39, 0.29) is 19.1 Å². The van der Waals surface area contributed by atoms with Crippen molar-refractivity contribution in [2.45, 2.75) is 13.5 Å². The first-order valence-electron chi connectivity index (χ1n) is 5.00. The van der Waals surface area contributed by atoms with E-state index in [1.54, 1.807) is 18.2 Å². The summed E-state index contributed by atoms with van der Waals surface area (Å²) in [6.07, 6.45) is 0. The molecule has 17 heavy (non-hydrogen) atoms. The van der Waals surface area contributed by atoms with Crippen LogP contribution >= 0.6 is 15.9 Å². The van der Waals surface area contributed by atoms with Crippen molar-refractivity contribution in [2.24, 2.45) is 0 Å². The lowest BCUT2D eigenvalue weighted by atomic mass is 10.3. The number of esters is 1. The molecule has 0 bridgehead atoms. The van der Waals surface area contributed by atoms with Gasteiger partial charge in [-0.05, 0) is 18.2 Å². The first kappa shape index (κ1) is 11.9. The van der Waals surface area contributed by atoms with E-state index in [9.17, 15) is 9.59 Å². The molecule has 0 atom stereocenters. The molecule has 0 aliphatic rings. The van der Waals surface area contributed by atoms with Gasteiger partial charge in [0.25, 0.3) is 0 Å². The fraction of sp³-hybridized carbons (Fsp3) is 0.273. The summed E-state index contributed by atoms with van der Waals surface area (Å²) in [6, 6.07) is 5.29. The summed E-state index contributed by atoms with van der Waals surface area (Å²) in [6.45, 7) is 1.76. The van der Waals surface area contributed by atoms with Crippen molar-refractivity contribution < 1.29 is 13.9 Å². The van der Waals surface area contributed by atoms with Gasteiger partial charge >= 0.3 is 11.7 Å². The number of carbonyl (C=O) groups excluding carboxylic acids is 1. The fourth-order valence-corrected chi connectivity index (χ4v) is 1.88. The second-order valence-electron chi connectivity index (χ2n) is 3.47. The van der Waals surface area contributed by atoms with Gasteiger partial charge in [-0.3, -0.25) is 9.36 Å². The summed E-state index contributed by atoms with van der Waals surface area (Å²) < 4.78 is 12.1. The predicted octanol–water partition coefficient (Wildman–Crippen LogP) is 1.92. The Kier molecular flexibility index (Phi) is 3.33. The lowest BCUT2D eigenvalue weighted by Crippen LogP contribution is -2.18. The summed E-state index contributed by atoms with van der Waals surface area (Å²) in [5.74, 6) is -0.822. The molecule has 0 saturated carbocycles. The Morgan fingerprint density at radius 2 is 2.29 bits per heavy atom. The third-order valence-corrected chi connectivity index (χ3v) is 2.74. The number of aromatic nitrogens is 1. The molecule has 1 aromatic carbocycles. The first-order valence-corrected chi connectivity index (χ1v) is 5.79. The van der Waals surface area contributed by atoms with Crippen LogP contribution in [0.25, 0.3) is 11.1 Å². The summed E-state index contributed by atoms with van der Waals surface area (Å²) in [7, 11) is 0. The molecule has 90 valence electrons. The zero-order valence-electron chi connectivity index (χ0n) is 9.10. The van der Waals surface area contributed by atoms with E-state index >= 15 is 0 Å². The van der Waals surface area contributed by atoms with E-state index in [1.165, 1.54) is 11.5 Å². The second kappa shape index (κ2) is 4.75. The zero-order valence-corrected chi connectivity index (χ0v) is 10.7. The largest absolute Gasteiger partial charge is 0.464 e. The van der Waals surface area contributed by atoms with Crippen LogP contribution in [0.1, 0.15) is 6.92 Å². The molecule has 0 radical (unpaired) electrons. The third-order valence-electron chi connectivity index (χ3n) is 2.25. The number of hydrogen-bond acceptors (Lipinski definition) is 4. The summed E-state index contributed by atoms with van der Waals surface area (Å²) >= 11 is 3.32. The lowest BCUT2D eigenvalue weighted by Gasteiger charge is -2.02. The molecule has 2 rings (SSSR count). The van der Waals surface area contributed by atoms with Crippen molar-refractivity contribution in [3.63, 3.8) is 0 Å². The molecule has 1 heterocycles. The van der Waals surface area contributed by atoms with Gasteiger partial charge in [0, 0.05) is 11.4 Å². The maximum absolute atomic E-state index is 11.6. The third kappa shape index (κ3) is 2.58. The molecule has 6 heteroatoms. The average Bonchev–Trinajstić information content (AvgIpc) is 2.55. The van der Waals surface area contributed by atoms with Gasteiger partial charge in [0.15, 0.2) is 5.58 Å². The van der Waals surface area contributed by atoms with Crippen molar-refractivity contribution in [1.82, 2.24) is 4.57 Å². The van der Waals surface area contributed by atoms with E-state index in [0.717, 1.165) is 4.47 Å². The minimum absolute atomic E-state index is 0.149. The number of benzene rings is 1. The van der Waals surface area contributed by atoms with Crippen molar-refractivity contribution in [1.29, 1.82) is 0 Å². The Balaban J connectivity index is 2.32. The van der Waals surface area contributed by atoms with E-state index in [2.05, 4.69) is 15.9 Å². The van der Waals surface area contributed by atoms with Crippen LogP contribution in [0.2, 0.25) is 0 Å². The van der Waals surface area contributed by atoms with Gasteiger partial charge in [0.1, 0.15) is 6.61 Å². The Labute approximate surface area is 105 Å². The van der Waals surface area contributed by atoms with Crippen LogP contribution in [0.4, 0.5) is 0 Å². The number of ether oxygens (including phenoxy) is 1. The normalized spacial score (nSPS) is 10.7. The van der Waals surface area contributed by atoms with Gasteiger partial charge in [-0.2, -0.15) is 0 Å². The highest BCUT2D eigenvalue weighted by Crippen LogP contribution is 2.18. The highest BCUT2D eigenvalue weighted by atomic mass is 79.9. The Bertz CT molecular complexity index is 613. The quantitative estimate of drug-likeness (QED) is 0.813. The molecule has 0 spiro atoms. The average molecular weight is 300 g/mol. The number of halogens is 1. The van der Waals surface area contributed by atoms with Gasteiger partial charge in [-0.15, -0.1) is 0 Å². The van der Waals surface area contributed by atoms with Crippen molar-refractivity contribution in [3.8, 4) is 0 Å². The number of carbonyl (C=O) groups is 1. The smallest absolute Gasteiger partial charge is 0.420 e. The predicted molar refractivity (Wildman–Crippen MR) is 64.8 cm³/mol. The number of oxazole rings is 1. The second-order valence-corrected chi connectivity index (χ2v) is 4.39. The van der Waals surface area contributed by atoms with Crippen LogP contribution in [-0.4, -0.2) is 17.1 Å². The highest BCUT2D eigenvalue weighted by molar-refractivity contribution is 9.10. The Morgan fingerprint density at radius 3 is 3.00 bits per heavy atom. The van der Waals surface area contributed by atoms with Crippen LogP contribution in [-0.2, 0) is 16.1 Å². The summed E-state index contributed by atoms with van der Waals surface area (Å²) in [4.78, 5) is 22.2. The van der Waals surface area contributed by atoms with Gasteiger partial charge in [0.05, 0.1) is 12.1 Å². The van der Waals surface area contributed by atoms with Gasteiger partial charge in [0.2, 0.25) is 0 Å². The van der Waals surface area contributed by atoms with Crippen LogP contribution < -0.4 is 5.76 Å². The molecule has 0 N–H and O–H groups in total. The monoisotopic (exact) mass is 299 g/mol. The minimum atomic E-state index is -0.453. The molecular weight excluding hydrogens is 290 g/mol. The zero-order chi connectivity index (χ0) is 12.4. The molecule has 2 aromatic rings. The molecule has 0 aliphatic heterocycles. The van der Waals surface area contributed by atoms with Crippen molar-refractivity contribution >= 4 is 33.0 Å². The standard InChI is InChI=1S/C11H10BrNO4/c1-7(14)16-5-4-13-9-6-8(12)2-3-10(9)17-11(13)15/h2-3,6H,4-5H2,1H3. The SMILES string of the molecule is CC(=O)OCCn1c(=O)oc2ccc(Br)cc21. The Morgan fingerprint density at radius 1 is 1.53 bits per heavy atom. The maximum Gasteiger partial charge on any atom is 0.420 e. The molecule has 0 aliphatic carbocycles. The topological polar surface area (TPSA) is 61.4 Å². The number of rotatable bonds is 3. The molecule has 0 amide bonds. The van der Waals surface area contributed by atoms with Crippen LogP contribution in [0.3, 0.4) is 0 Å². The van der Waals surface area contributed by atoms with E-state index in [1.807, 2.05) is 0 Å². The first-order chi connectivity index (χ1) is 8.08. The minimum Gasteiger partial charge on any atom is -0.464 e. The Hall–Kier alpha value is -1.56. The highest BCUT2D eigenvalue weighted by Gasteiger charge is 2.09. The van der Waals surface area contributed by atoms with Gasteiger partial charge in [-0.25, -0.2) is 4.79 Å². The molecular formula is C11H10BrNO4. The van der Waals surface area contributed by atoms with Crippen LogP contribution in [0.5, 0.6) is 0 Å². The molecule has 5 nitrogen and oxygen atoms in total. The van der Waals surface area contributed by atoms with Gasteiger partial charge in [-0.1, -0.05) is 15.9 Å². The van der Waals surface area contributed by atoms with E-state index < -0.39 is 5.76 Å². The number of fused-ring (bicyclic) bond motifs is 1. The molecule has 0 saturated heterocycles. The molecule has 0 unspecified atom stereocenters. The van der Waals surface area contributed by atoms with Crippen LogP contribution in [0.15, 0.2) is 31.9 Å². The number of hydrogen-bond donors (Lipinski definition) is 0. The summed E-state index contributed by atoms with van der Waals surface area (Å²) in [5.41, 5.74) is 1.19. The molecule has 1 aromatic heterocycles. The van der Waals surface area contributed by atoms with Crippen molar-refractivity contribution in [3.05, 3.63) is 33.2 Å². The molecule has 0 fully saturated rings. The van der Waals surface area contributed by atoms with Crippen molar-refractivity contribution in [2.75, 3.05) is 6.61 Å². The fourth-order valence-electron chi connectivity index (χ4n) is 1.53. The number of nitrogens with zero attached hydrogens (tertiary/aromatic N) is 1. The van der Waals surface area contributed by atoms with E-state index in [4.69, 9.17) is 9.15 Å². The van der Waals surface area contributed by atoms with Crippen LogP contribution in [0, 0.1) is 0 Å². The maximum atomic E-state index is 11.6. The summed E-state index contributed by atoms with van der Waals surface area (Å²) in [5, 5.41) is 0.